The van der Waals surface area contributed by atoms with Crippen LogP contribution in [0.25, 0.3) is 0 Å². The van der Waals surface area contributed by atoms with Crippen molar-refractivity contribution in [2.45, 2.75) is 0 Å². The van der Waals surface area contributed by atoms with Gasteiger partial charge in [0.1, 0.15) is 5.82 Å². The van der Waals surface area contributed by atoms with Gasteiger partial charge in [0.05, 0.1) is 10.6 Å². The molecule has 6 nitrogen and oxygen atoms in total. The summed E-state index contributed by atoms with van der Waals surface area (Å²) in [5, 5.41) is 10.1. The molecule has 0 bridgehead atoms. The molecule has 3 N–H and O–H groups in total. The van der Waals surface area contributed by atoms with Crippen molar-refractivity contribution < 1.29 is 4.79 Å². The van der Waals surface area contributed by atoms with Gasteiger partial charge in [-0.2, -0.15) is 5.10 Å². The molecule has 0 aromatic carbocycles. The number of hydrogen-bond acceptors (Lipinski definition) is 5. The van der Waals surface area contributed by atoms with E-state index < -0.39 is 0 Å². The number of nitrogen functional groups attached to an aromatic ring is 1. The minimum atomic E-state index is -0.375. The summed E-state index contributed by atoms with van der Waals surface area (Å²) in [6.45, 7) is 0. The summed E-state index contributed by atoms with van der Waals surface area (Å²) in [5.74, 6) is 0.160. The quantitative estimate of drug-likeness (QED) is 0.838. The van der Waals surface area contributed by atoms with Crippen molar-refractivity contribution in [3.8, 4) is 0 Å². The average molecular weight is 250 g/mol. The molecular formula is C10H8ClN5O. The molecule has 86 valence electrons. The lowest BCUT2D eigenvalue weighted by Crippen LogP contribution is -2.13. The topological polar surface area (TPSA) is 93.8 Å². The van der Waals surface area contributed by atoms with Gasteiger partial charge in [-0.05, 0) is 18.2 Å². The van der Waals surface area contributed by atoms with Crippen molar-refractivity contribution in [1.29, 1.82) is 0 Å². The van der Waals surface area contributed by atoms with Crippen molar-refractivity contribution in [2.24, 2.45) is 0 Å². The number of halogens is 1. The van der Waals surface area contributed by atoms with Crippen LogP contribution in [0.1, 0.15) is 10.4 Å². The number of rotatable bonds is 2. The molecule has 0 fully saturated rings. The Bertz CT molecular complexity index is 546. The van der Waals surface area contributed by atoms with Gasteiger partial charge in [-0.1, -0.05) is 11.6 Å². The molecule has 2 heterocycles. The first-order valence-electron chi connectivity index (χ1n) is 4.67. The lowest BCUT2D eigenvalue weighted by atomic mass is 10.2. The van der Waals surface area contributed by atoms with Gasteiger partial charge in [0.15, 0.2) is 5.82 Å². The zero-order valence-electron chi connectivity index (χ0n) is 8.59. The van der Waals surface area contributed by atoms with Gasteiger partial charge in [-0.25, -0.2) is 4.98 Å². The number of nitrogens with one attached hydrogen (secondary N) is 1. The summed E-state index contributed by atoms with van der Waals surface area (Å²) in [4.78, 5) is 15.5. The molecule has 0 aliphatic heterocycles. The summed E-state index contributed by atoms with van der Waals surface area (Å²) in [6, 6.07) is 4.73. The molecule has 7 heteroatoms. The molecule has 2 rings (SSSR count). The average Bonchev–Trinajstić information content (AvgIpc) is 2.34. The largest absolute Gasteiger partial charge is 0.382 e. The van der Waals surface area contributed by atoms with E-state index in [0.29, 0.717) is 11.4 Å². The third-order valence-corrected chi connectivity index (χ3v) is 2.25. The standard InChI is InChI=1S/C10H8ClN5O/c11-7-4-6(5-13-9(7)12)10(17)15-8-2-1-3-14-16-8/h1-5H,(H2,12,13)(H,15,16,17). The maximum Gasteiger partial charge on any atom is 0.258 e. The lowest BCUT2D eigenvalue weighted by Gasteiger charge is -2.04. The van der Waals surface area contributed by atoms with E-state index in [1.807, 2.05) is 0 Å². The lowest BCUT2D eigenvalue weighted by molar-refractivity contribution is 0.102. The molecule has 0 spiro atoms. The Morgan fingerprint density at radius 3 is 2.94 bits per heavy atom. The molecule has 17 heavy (non-hydrogen) atoms. The highest BCUT2D eigenvalue weighted by atomic mass is 35.5. The maximum absolute atomic E-state index is 11.8. The third kappa shape index (κ3) is 2.67. The van der Waals surface area contributed by atoms with Crippen LogP contribution in [0.3, 0.4) is 0 Å². The van der Waals surface area contributed by atoms with Crippen LogP contribution in [0.15, 0.2) is 30.6 Å². The number of nitrogens with two attached hydrogens (primary N) is 1. The number of carbonyl (C=O) groups excluding carboxylic acids is 1. The molecule has 0 saturated heterocycles. The van der Waals surface area contributed by atoms with E-state index in [-0.39, 0.29) is 16.7 Å². The fourth-order valence-corrected chi connectivity index (χ4v) is 1.30. The molecule has 1 amide bonds. The Labute approximate surface area is 102 Å². The van der Waals surface area contributed by atoms with Gasteiger partial charge in [0.2, 0.25) is 0 Å². The first-order chi connectivity index (χ1) is 8.16. The van der Waals surface area contributed by atoms with Crippen molar-refractivity contribution in [1.82, 2.24) is 15.2 Å². The maximum atomic E-state index is 11.8. The number of aromatic nitrogens is 3. The molecule has 0 atom stereocenters. The Balaban J connectivity index is 2.18. The molecule has 0 aliphatic rings. The second kappa shape index (κ2) is 4.75. The van der Waals surface area contributed by atoms with Crippen LogP contribution < -0.4 is 11.1 Å². The monoisotopic (exact) mass is 249 g/mol. The van der Waals surface area contributed by atoms with Crippen LogP contribution in [0.4, 0.5) is 11.6 Å². The van der Waals surface area contributed by atoms with Crippen molar-refractivity contribution in [3.05, 3.63) is 41.2 Å². The van der Waals surface area contributed by atoms with E-state index in [1.54, 1.807) is 12.1 Å². The summed E-state index contributed by atoms with van der Waals surface area (Å²) >= 11 is 5.77. The Morgan fingerprint density at radius 1 is 1.47 bits per heavy atom. The zero-order chi connectivity index (χ0) is 12.3. The smallest absolute Gasteiger partial charge is 0.258 e. The molecule has 2 aromatic heterocycles. The van der Waals surface area contributed by atoms with Crippen LogP contribution in [0.2, 0.25) is 5.02 Å². The number of carbonyl (C=O) groups is 1. The first kappa shape index (κ1) is 11.3. The predicted molar refractivity (Wildman–Crippen MR) is 63.6 cm³/mol. The Hall–Kier alpha value is -2.21. The molecule has 2 aromatic rings. The minimum Gasteiger partial charge on any atom is -0.382 e. The van der Waals surface area contributed by atoms with E-state index in [2.05, 4.69) is 20.5 Å². The summed E-state index contributed by atoms with van der Waals surface area (Å²) < 4.78 is 0. The van der Waals surface area contributed by atoms with Crippen LogP contribution in [-0.4, -0.2) is 21.1 Å². The van der Waals surface area contributed by atoms with E-state index >= 15 is 0 Å². The molecule has 0 unspecified atom stereocenters. The van der Waals surface area contributed by atoms with Crippen LogP contribution in [0.5, 0.6) is 0 Å². The van der Waals surface area contributed by atoms with Crippen molar-refractivity contribution in [2.75, 3.05) is 11.1 Å². The highest BCUT2D eigenvalue weighted by Crippen LogP contribution is 2.17. The first-order valence-corrected chi connectivity index (χ1v) is 5.04. The fraction of sp³-hybridized carbons (Fsp3) is 0. The number of hydrogen-bond donors (Lipinski definition) is 2. The Kier molecular flexibility index (Phi) is 3.15. The summed E-state index contributed by atoms with van der Waals surface area (Å²) in [7, 11) is 0. The van der Waals surface area contributed by atoms with Crippen molar-refractivity contribution in [3.63, 3.8) is 0 Å². The number of nitrogens with zero attached hydrogens (tertiary/aromatic N) is 3. The normalized spacial score (nSPS) is 9.94. The van der Waals surface area contributed by atoms with Gasteiger partial charge >= 0.3 is 0 Å². The SMILES string of the molecule is Nc1ncc(C(=O)Nc2cccnn2)cc1Cl. The van der Waals surface area contributed by atoms with Gasteiger partial charge in [-0.15, -0.1) is 5.10 Å². The summed E-state index contributed by atoms with van der Waals surface area (Å²) in [6.07, 6.45) is 2.85. The van der Waals surface area contributed by atoms with Gasteiger partial charge in [-0.3, -0.25) is 4.79 Å². The second-order valence-corrected chi connectivity index (χ2v) is 3.56. The fourth-order valence-electron chi connectivity index (χ4n) is 1.13. The zero-order valence-corrected chi connectivity index (χ0v) is 9.35. The van der Waals surface area contributed by atoms with Gasteiger partial charge in [0.25, 0.3) is 5.91 Å². The third-order valence-electron chi connectivity index (χ3n) is 1.95. The van der Waals surface area contributed by atoms with E-state index in [0.717, 1.165) is 0 Å². The highest BCUT2D eigenvalue weighted by Gasteiger charge is 2.09. The van der Waals surface area contributed by atoms with Crippen LogP contribution >= 0.6 is 11.6 Å². The highest BCUT2D eigenvalue weighted by molar-refractivity contribution is 6.33. The Morgan fingerprint density at radius 2 is 2.29 bits per heavy atom. The van der Waals surface area contributed by atoms with Crippen LogP contribution in [-0.2, 0) is 0 Å². The molecule has 0 aliphatic carbocycles. The predicted octanol–water partition coefficient (Wildman–Crippen LogP) is 1.36. The molecule has 0 saturated carbocycles. The number of pyridine rings is 1. The second-order valence-electron chi connectivity index (χ2n) is 3.15. The molecule has 0 radical (unpaired) electrons. The number of amides is 1. The van der Waals surface area contributed by atoms with Crippen LogP contribution in [0, 0.1) is 0 Å². The van der Waals surface area contributed by atoms with E-state index in [9.17, 15) is 4.79 Å². The van der Waals surface area contributed by atoms with E-state index in [4.69, 9.17) is 17.3 Å². The van der Waals surface area contributed by atoms with E-state index in [1.165, 1.54) is 18.5 Å². The van der Waals surface area contributed by atoms with Gasteiger partial charge < -0.3 is 11.1 Å². The minimum absolute atomic E-state index is 0.183. The summed E-state index contributed by atoms with van der Waals surface area (Å²) in [5.41, 5.74) is 5.75. The molecular weight excluding hydrogens is 242 g/mol. The van der Waals surface area contributed by atoms with Crippen molar-refractivity contribution >= 4 is 29.1 Å². The number of anilines is 2. The van der Waals surface area contributed by atoms with Gasteiger partial charge in [0, 0.05) is 12.4 Å².